The van der Waals surface area contributed by atoms with E-state index < -0.39 is 0 Å². The second kappa shape index (κ2) is 3.51. The van der Waals surface area contributed by atoms with E-state index in [2.05, 4.69) is 11.0 Å². The average molecular weight is 205 g/mol. The van der Waals surface area contributed by atoms with Gasteiger partial charge in [0.25, 0.3) is 0 Å². The molecule has 0 aromatic heterocycles. The van der Waals surface area contributed by atoms with Crippen molar-refractivity contribution in [2.24, 2.45) is 0 Å². The van der Waals surface area contributed by atoms with Crippen LogP contribution >= 0.6 is 0 Å². The van der Waals surface area contributed by atoms with Crippen LogP contribution in [-0.4, -0.2) is 35.3 Å². The smallest absolute Gasteiger partial charge is 0.115 e. The van der Waals surface area contributed by atoms with Crippen molar-refractivity contribution in [3.05, 3.63) is 29.8 Å². The third-order valence-corrected chi connectivity index (χ3v) is 3.31. The third-order valence-electron chi connectivity index (χ3n) is 3.31. The minimum Gasteiger partial charge on any atom is -0.508 e. The summed E-state index contributed by atoms with van der Waals surface area (Å²) in [5.74, 6) is 0.355. The quantitative estimate of drug-likeness (QED) is 0.791. The maximum Gasteiger partial charge on any atom is 0.115 e. The molecule has 1 N–H and O–H groups in total. The van der Waals surface area contributed by atoms with Gasteiger partial charge in [0.15, 0.2) is 0 Å². The van der Waals surface area contributed by atoms with Crippen LogP contribution in [0.25, 0.3) is 0 Å². The summed E-state index contributed by atoms with van der Waals surface area (Å²) in [4.78, 5) is 2.45. The number of phenolic OH excluding ortho intramolecular Hbond substituents is 1. The van der Waals surface area contributed by atoms with Gasteiger partial charge in [-0.25, -0.2) is 0 Å². The van der Waals surface area contributed by atoms with E-state index in [1.54, 1.807) is 6.07 Å². The Morgan fingerprint density at radius 1 is 1.47 bits per heavy atom. The molecular weight excluding hydrogens is 190 g/mol. The molecule has 2 aliphatic rings. The third kappa shape index (κ3) is 1.73. The number of benzene rings is 1. The summed E-state index contributed by atoms with van der Waals surface area (Å²) >= 11 is 0. The van der Waals surface area contributed by atoms with E-state index >= 15 is 0 Å². The van der Waals surface area contributed by atoms with E-state index in [1.165, 1.54) is 12.0 Å². The number of rotatable bonds is 2. The molecule has 2 atom stereocenters. The molecule has 1 aromatic carbocycles. The minimum absolute atomic E-state index is 0.355. The zero-order valence-electron chi connectivity index (χ0n) is 8.60. The summed E-state index contributed by atoms with van der Waals surface area (Å²) in [6, 6.07) is 8.11. The molecule has 15 heavy (non-hydrogen) atoms. The summed E-state index contributed by atoms with van der Waals surface area (Å²) in [5.41, 5.74) is 1.18. The number of phenols is 1. The van der Waals surface area contributed by atoms with Crippen LogP contribution in [0.1, 0.15) is 12.0 Å². The molecule has 0 aliphatic carbocycles. The Morgan fingerprint density at radius 2 is 2.40 bits per heavy atom. The summed E-state index contributed by atoms with van der Waals surface area (Å²) in [7, 11) is 0. The van der Waals surface area contributed by atoms with E-state index in [4.69, 9.17) is 4.74 Å². The first-order valence-electron chi connectivity index (χ1n) is 5.45. The molecule has 80 valence electrons. The highest BCUT2D eigenvalue weighted by Gasteiger charge is 2.38. The van der Waals surface area contributed by atoms with Gasteiger partial charge in [-0.1, -0.05) is 12.1 Å². The van der Waals surface area contributed by atoms with Crippen molar-refractivity contribution in [1.82, 2.24) is 4.90 Å². The van der Waals surface area contributed by atoms with Crippen LogP contribution in [0.15, 0.2) is 24.3 Å². The summed E-state index contributed by atoms with van der Waals surface area (Å²) in [6.45, 7) is 2.85. The second-order valence-electron chi connectivity index (χ2n) is 4.44. The fourth-order valence-electron chi connectivity index (χ4n) is 2.56. The van der Waals surface area contributed by atoms with Crippen molar-refractivity contribution in [3.63, 3.8) is 0 Å². The maximum atomic E-state index is 9.38. The fraction of sp³-hybridized carbons (Fsp3) is 0.500. The van der Waals surface area contributed by atoms with Crippen molar-refractivity contribution in [1.29, 1.82) is 0 Å². The van der Waals surface area contributed by atoms with Gasteiger partial charge in [0.05, 0.1) is 12.7 Å². The number of morpholine rings is 1. The van der Waals surface area contributed by atoms with Crippen molar-refractivity contribution >= 4 is 0 Å². The average Bonchev–Trinajstić information content (AvgIpc) is 2.79. The second-order valence-corrected chi connectivity index (χ2v) is 4.44. The predicted molar refractivity (Wildman–Crippen MR) is 56.7 cm³/mol. The Hall–Kier alpha value is -1.06. The van der Waals surface area contributed by atoms with Gasteiger partial charge in [-0.2, -0.15) is 0 Å². The Labute approximate surface area is 89.3 Å². The highest BCUT2D eigenvalue weighted by atomic mass is 16.5. The fourth-order valence-corrected chi connectivity index (χ4v) is 2.56. The van der Waals surface area contributed by atoms with Crippen LogP contribution in [-0.2, 0) is 11.3 Å². The van der Waals surface area contributed by atoms with Gasteiger partial charge in [0, 0.05) is 19.1 Å². The highest BCUT2D eigenvalue weighted by Crippen LogP contribution is 2.29. The zero-order valence-corrected chi connectivity index (χ0v) is 8.60. The monoisotopic (exact) mass is 205 g/mol. The van der Waals surface area contributed by atoms with Crippen molar-refractivity contribution in [3.8, 4) is 5.75 Å². The Balaban J connectivity index is 1.71. The topological polar surface area (TPSA) is 32.7 Å². The number of likely N-dealkylation sites (tertiary alicyclic amines) is 1. The number of fused-ring (bicyclic) bond motifs is 2. The molecule has 0 radical (unpaired) electrons. The largest absolute Gasteiger partial charge is 0.508 e. The standard InChI is InChI=1S/C12H15NO2/c14-11-3-1-2-9(4-11)6-13-7-12-5-10(13)8-15-12/h1-4,10,12,14H,5-8H2. The van der Waals surface area contributed by atoms with Crippen LogP contribution in [0, 0.1) is 0 Å². The lowest BCUT2D eigenvalue weighted by atomic mass is 10.2. The first-order chi connectivity index (χ1) is 7.31. The lowest BCUT2D eigenvalue weighted by Gasteiger charge is -2.26. The molecule has 2 fully saturated rings. The van der Waals surface area contributed by atoms with Crippen LogP contribution < -0.4 is 0 Å². The molecule has 2 aliphatic heterocycles. The molecule has 0 amide bonds. The van der Waals surface area contributed by atoms with Crippen LogP contribution in [0.5, 0.6) is 5.75 Å². The van der Waals surface area contributed by atoms with Crippen molar-refractivity contribution < 1.29 is 9.84 Å². The van der Waals surface area contributed by atoms with Crippen LogP contribution in [0.2, 0.25) is 0 Å². The number of hydrogen-bond donors (Lipinski definition) is 1. The molecule has 1 aromatic rings. The predicted octanol–water partition coefficient (Wildman–Crippen LogP) is 1.37. The molecular formula is C12H15NO2. The Bertz CT molecular complexity index is 366. The number of hydrogen-bond acceptors (Lipinski definition) is 3. The highest BCUT2D eigenvalue weighted by molar-refractivity contribution is 5.27. The van der Waals surface area contributed by atoms with E-state index in [-0.39, 0.29) is 0 Å². The summed E-state index contributed by atoms with van der Waals surface area (Å²) < 4.78 is 5.55. The number of ether oxygens (including phenoxy) is 1. The van der Waals surface area contributed by atoms with Gasteiger partial charge in [0.1, 0.15) is 5.75 Å². The van der Waals surface area contributed by atoms with Gasteiger partial charge in [0.2, 0.25) is 0 Å². The van der Waals surface area contributed by atoms with Gasteiger partial charge >= 0.3 is 0 Å². The molecule has 0 saturated carbocycles. The van der Waals surface area contributed by atoms with E-state index in [1.807, 2.05) is 12.1 Å². The zero-order chi connectivity index (χ0) is 10.3. The first kappa shape index (κ1) is 9.19. The molecule has 2 saturated heterocycles. The minimum atomic E-state index is 0.355. The molecule has 3 heteroatoms. The summed E-state index contributed by atoms with van der Waals surface area (Å²) in [6.07, 6.45) is 1.63. The molecule has 2 heterocycles. The Morgan fingerprint density at radius 3 is 3.07 bits per heavy atom. The number of aromatic hydroxyl groups is 1. The lowest BCUT2D eigenvalue weighted by Crippen LogP contribution is -2.36. The molecule has 0 spiro atoms. The van der Waals surface area contributed by atoms with Crippen molar-refractivity contribution in [2.45, 2.75) is 25.1 Å². The van der Waals surface area contributed by atoms with E-state index in [0.717, 1.165) is 19.7 Å². The molecule has 3 nitrogen and oxygen atoms in total. The van der Waals surface area contributed by atoms with Gasteiger partial charge in [-0.15, -0.1) is 0 Å². The van der Waals surface area contributed by atoms with Crippen LogP contribution in [0.4, 0.5) is 0 Å². The SMILES string of the molecule is Oc1cccc(CN2CC3CC2CO3)c1. The summed E-state index contributed by atoms with van der Waals surface area (Å²) in [5, 5.41) is 9.38. The maximum absolute atomic E-state index is 9.38. The molecule has 2 unspecified atom stereocenters. The lowest BCUT2D eigenvalue weighted by molar-refractivity contribution is 0.0273. The first-order valence-corrected chi connectivity index (χ1v) is 5.45. The van der Waals surface area contributed by atoms with Crippen molar-refractivity contribution in [2.75, 3.05) is 13.2 Å². The van der Waals surface area contributed by atoms with Gasteiger partial charge in [-0.05, 0) is 24.1 Å². The van der Waals surface area contributed by atoms with E-state index in [0.29, 0.717) is 17.9 Å². The Kier molecular flexibility index (Phi) is 2.15. The van der Waals surface area contributed by atoms with Crippen LogP contribution in [0.3, 0.4) is 0 Å². The van der Waals surface area contributed by atoms with E-state index in [9.17, 15) is 5.11 Å². The number of nitrogens with zero attached hydrogens (tertiary/aromatic N) is 1. The normalized spacial score (nSPS) is 29.9. The van der Waals surface area contributed by atoms with Gasteiger partial charge in [-0.3, -0.25) is 4.90 Å². The van der Waals surface area contributed by atoms with Gasteiger partial charge < -0.3 is 9.84 Å². The molecule has 3 rings (SSSR count). The molecule has 2 bridgehead atoms.